The summed E-state index contributed by atoms with van der Waals surface area (Å²) >= 11 is 0. The molecule has 0 saturated heterocycles. The van der Waals surface area contributed by atoms with E-state index in [0.29, 0.717) is 6.04 Å². The van der Waals surface area contributed by atoms with Gasteiger partial charge >= 0.3 is 0 Å². The maximum atomic E-state index is 11.0. The second kappa shape index (κ2) is 5.41. The molecule has 1 N–H and O–H groups in total. The summed E-state index contributed by atoms with van der Waals surface area (Å²) in [6, 6.07) is 7.65. The van der Waals surface area contributed by atoms with Crippen LogP contribution < -0.4 is 5.32 Å². The third kappa shape index (κ3) is 2.82. The second-order valence-electron chi connectivity index (χ2n) is 7.24. The summed E-state index contributed by atoms with van der Waals surface area (Å²) in [6.45, 7) is 11.3. The predicted molar refractivity (Wildman–Crippen MR) is 85.2 cm³/mol. The first kappa shape index (κ1) is 16.0. The van der Waals surface area contributed by atoms with Crippen LogP contribution in [0, 0.1) is 20.9 Å². The van der Waals surface area contributed by atoms with Crippen molar-refractivity contribution in [2.45, 2.75) is 59.5 Å². The van der Waals surface area contributed by atoms with Gasteiger partial charge in [0.25, 0.3) is 5.69 Å². The van der Waals surface area contributed by atoms with Gasteiger partial charge in [-0.15, -0.1) is 0 Å². The summed E-state index contributed by atoms with van der Waals surface area (Å²) in [6.07, 6.45) is 2.04. The zero-order valence-electron chi connectivity index (χ0n) is 13.6. The van der Waals surface area contributed by atoms with Gasteiger partial charge in [0.05, 0.1) is 4.92 Å². The Hall–Kier alpha value is -1.42. The van der Waals surface area contributed by atoms with Crippen molar-refractivity contribution in [1.29, 1.82) is 0 Å². The van der Waals surface area contributed by atoms with Crippen LogP contribution in [0.3, 0.4) is 0 Å². The van der Waals surface area contributed by atoms with E-state index < -0.39 is 0 Å². The normalized spacial score (nSPS) is 21.0. The van der Waals surface area contributed by atoms with Gasteiger partial charge in [-0.25, -0.2) is 0 Å². The lowest BCUT2D eigenvalue weighted by molar-refractivity contribution is -0.384. The third-order valence-electron chi connectivity index (χ3n) is 5.45. The number of rotatable bonds is 6. The summed E-state index contributed by atoms with van der Waals surface area (Å²) in [7, 11) is 0. The van der Waals surface area contributed by atoms with Crippen molar-refractivity contribution >= 4 is 5.69 Å². The summed E-state index contributed by atoms with van der Waals surface area (Å²) in [5, 5.41) is 14.7. The number of nitrogens with one attached hydrogen (secondary N) is 1. The highest BCUT2D eigenvalue weighted by Gasteiger charge is 2.64. The first-order valence-corrected chi connectivity index (χ1v) is 7.72. The smallest absolute Gasteiger partial charge is 0.269 e. The summed E-state index contributed by atoms with van der Waals surface area (Å²) in [5.41, 5.74) is 1.72. The van der Waals surface area contributed by atoms with Crippen molar-refractivity contribution in [2.24, 2.45) is 10.8 Å². The molecule has 1 aliphatic carbocycles. The summed E-state index contributed by atoms with van der Waals surface area (Å²) in [4.78, 5) is 10.6. The molecule has 0 aromatic heterocycles. The van der Waals surface area contributed by atoms with E-state index in [0.717, 1.165) is 18.4 Å². The van der Waals surface area contributed by atoms with Crippen molar-refractivity contribution in [3.63, 3.8) is 0 Å². The van der Waals surface area contributed by atoms with Crippen LogP contribution in [0.15, 0.2) is 24.3 Å². The molecule has 1 saturated carbocycles. The van der Waals surface area contributed by atoms with Crippen LogP contribution in [0.2, 0.25) is 0 Å². The molecule has 0 aliphatic heterocycles. The topological polar surface area (TPSA) is 55.2 Å². The molecule has 116 valence electrons. The molecule has 1 fully saturated rings. The molecule has 1 aromatic carbocycles. The van der Waals surface area contributed by atoms with E-state index in [9.17, 15) is 10.1 Å². The predicted octanol–water partition coefficient (Wildman–Crippen LogP) is 4.46. The molecule has 0 bridgehead atoms. The van der Waals surface area contributed by atoms with E-state index in [1.54, 1.807) is 18.2 Å². The van der Waals surface area contributed by atoms with Gasteiger partial charge < -0.3 is 5.32 Å². The summed E-state index contributed by atoms with van der Waals surface area (Å²) in [5.74, 6) is 0. The van der Waals surface area contributed by atoms with Gasteiger partial charge in [-0.1, -0.05) is 53.2 Å². The average molecular weight is 290 g/mol. The maximum absolute atomic E-state index is 11.0. The van der Waals surface area contributed by atoms with Gasteiger partial charge in [-0.3, -0.25) is 10.1 Å². The zero-order valence-corrected chi connectivity index (χ0v) is 13.6. The minimum Gasteiger partial charge on any atom is -0.306 e. The van der Waals surface area contributed by atoms with Crippen molar-refractivity contribution < 1.29 is 4.92 Å². The number of nitro groups is 1. The molecule has 4 heteroatoms. The fraction of sp³-hybridized carbons (Fsp3) is 0.647. The van der Waals surface area contributed by atoms with Crippen LogP contribution in [0.5, 0.6) is 0 Å². The van der Waals surface area contributed by atoms with Crippen LogP contribution in [0.25, 0.3) is 0 Å². The van der Waals surface area contributed by atoms with E-state index in [2.05, 4.69) is 39.9 Å². The SMILES string of the molecule is CCCC(NC1C(C)(C)C1(C)C)c1cccc([N+](=O)[O-])c1. The molecule has 1 aliphatic rings. The van der Waals surface area contributed by atoms with Crippen LogP contribution in [-0.4, -0.2) is 11.0 Å². The van der Waals surface area contributed by atoms with Gasteiger partial charge in [-0.05, 0) is 22.8 Å². The van der Waals surface area contributed by atoms with Crippen LogP contribution >= 0.6 is 0 Å². The molecule has 0 amide bonds. The van der Waals surface area contributed by atoms with Gasteiger partial charge in [0.15, 0.2) is 0 Å². The number of hydrogen-bond acceptors (Lipinski definition) is 3. The van der Waals surface area contributed by atoms with Crippen molar-refractivity contribution in [3.05, 3.63) is 39.9 Å². The molecule has 1 atom stereocenters. The molecule has 0 heterocycles. The van der Waals surface area contributed by atoms with E-state index in [1.807, 2.05) is 6.07 Å². The van der Waals surface area contributed by atoms with E-state index in [1.165, 1.54) is 0 Å². The first-order valence-electron chi connectivity index (χ1n) is 7.72. The third-order valence-corrected chi connectivity index (χ3v) is 5.45. The van der Waals surface area contributed by atoms with Crippen molar-refractivity contribution in [1.82, 2.24) is 5.32 Å². The molecule has 1 unspecified atom stereocenters. The van der Waals surface area contributed by atoms with Gasteiger partial charge in [0, 0.05) is 24.2 Å². The van der Waals surface area contributed by atoms with Crippen LogP contribution in [0.4, 0.5) is 5.69 Å². The number of nitrogens with zero attached hydrogens (tertiary/aromatic N) is 1. The Morgan fingerprint density at radius 1 is 1.29 bits per heavy atom. The standard InChI is InChI=1S/C17H26N2O2/c1-6-8-14(18-15-16(2,3)17(15,4)5)12-9-7-10-13(11-12)19(20)21/h7,9-11,14-15,18H,6,8H2,1-5H3. The second-order valence-corrected chi connectivity index (χ2v) is 7.24. The quantitative estimate of drug-likeness (QED) is 0.621. The summed E-state index contributed by atoms with van der Waals surface area (Å²) < 4.78 is 0. The molecular formula is C17H26N2O2. The Morgan fingerprint density at radius 3 is 2.38 bits per heavy atom. The Balaban J connectivity index is 2.20. The molecule has 1 aromatic rings. The van der Waals surface area contributed by atoms with Crippen LogP contribution in [0.1, 0.15) is 59.1 Å². The molecule has 0 radical (unpaired) electrons. The average Bonchev–Trinajstić information content (AvgIpc) is 2.80. The number of benzene rings is 1. The van der Waals surface area contributed by atoms with Crippen molar-refractivity contribution in [3.8, 4) is 0 Å². The Morgan fingerprint density at radius 2 is 1.90 bits per heavy atom. The zero-order chi connectivity index (χ0) is 15.8. The lowest BCUT2D eigenvalue weighted by atomic mass is 10.0. The highest BCUT2D eigenvalue weighted by Crippen LogP contribution is 2.63. The van der Waals surface area contributed by atoms with Crippen LogP contribution in [-0.2, 0) is 0 Å². The lowest BCUT2D eigenvalue weighted by Gasteiger charge is -2.20. The number of nitro benzene ring substituents is 1. The fourth-order valence-corrected chi connectivity index (χ4v) is 3.30. The van der Waals surface area contributed by atoms with Gasteiger partial charge in [0.1, 0.15) is 0 Å². The molecule has 4 nitrogen and oxygen atoms in total. The van der Waals surface area contributed by atoms with Crippen molar-refractivity contribution in [2.75, 3.05) is 0 Å². The highest BCUT2D eigenvalue weighted by atomic mass is 16.6. The Bertz CT molecular complexity index is 523. The minimum atomic E-state index is -0.322. The highest BCUT2D eigenvalue weighted by molar-refractivity contribution is 5.36. The Kier molecular flexibility index (Phi) is 4.11. The largest absolute Gasteiger partial charge is 0.306 e. The van der Waals surface area contributed by atoms with Gasteiger partial charge in [-0.2, -0.15) is 0 Å². The fourth-order valence-electron chi connectivity index (χ4n) is 3.30. The molecule has 2 rings (SSSR count). The molecule has 0 spiro atoms. The molecule has 21 heavy (non-hydrogen) atoms. The number of non-ortho nitro benzene ring substituents is 1. The van der Waals surface area contributed by atoms with E-state index in [4.69, 9.17) is 0 Å². The van der Waals surface area contributed by atoms with E-state index >= 15 is 0 Å². The van der Waals surface area contributed by atoms with Gasteiger partial charge in [0.2, 0.25) is 0 Å². The maximum Gasteiger partial charge on any atom is 0.269 e. The number of hydrogen-bond donors (Lipinski definition) is 1. The monoisotopic (exact) mass is 290 g/mol. The lowest BCUT2D eigenvalue weighted by Crippen LogP contribution is -2.27. The Labute approximate surface area is 127 Å². The molecular weight excluding hydrogens is 264 g/mol. The first-order chi connectivity index (χ1) is 9.71. The van der Waals surface area contributed by atoms with E-state index in [-0.39, 0.29) is 27.5 Å². The minimum absolute atomic E-state index is 0.171.